The number of hydrogen-bond acceptors (Lipinski definition) is 5. The number of pyridine rings is 1. The standard InChI is InChI=1S/C31H35FN2O4/c1-37-25-11-13-29-27(20-25)26(15-17-33-29)28(32)12-9-22-16-19-34(21-24(22)10-14-31(35)36)18-5-7-23-6-3-4-8-30(23)38-2/h3-4,6,8,11,13,15,17,20,22,24,28H,9-10,12,14,16,18-19,21H2,1-2H3,(H,35,36)/t22-,24-,28-/m1/s1. The molecule has 2 heterocycles. The Morgan fingerprint density at radius 2 is 2.00 bits per heavy atom. The predicted molar refractivity (Wildman–Crippen MR) is 146 cm³/mol. The van der Waals surface area contributed by atoms with Gasteiger partial charge in [-0.05, 0) is 86.0 Å². The molecular weight excluding hydrogens is 483 g/mol. The molecule has 0 spiro atoms. The Morgan fingerprint density at radius 1 is 1.16 bits per heavy atom. The lowest BCUT2D eigenvalue weighted by molar-refractivity contribution is -0.137. The average Bonchev–Trinajstić information content (AvgIpc) is 2.94. The number of carboxylic acids is 1. The number of methoxy groups -OCH3 is 2. The number of carbonyl (C=O) groups is 1. The van der Waals surface area contributed by atoms with Crippen molar-refractivity contribution in [3.8, 4) is 23.3 Å². The number of nitrogens with zero attached hydrogens (tertiary/aromatic N) is 2. The quantitative estimate of drug-likeness (QED) is 0.337. The number of halogens is 1. The fraction of sp³-hybridized carbons (Fsp3) is 0.419. The number of benzene rings is 2. The fourth-order valence-corrected chi connectivity index (χ4v) is 5.37. The highest BCUT2D eigenvalue weighted by atomic mass is 19.1. The van der Waals surface area contributed by atoms with Gasteiger partial charge in [-0.25, -0.2) is 4.39 Å². The van der Waals surface area contributed by atoms with Gasteiger partial charge in [-0.2, -0.15) is 0 Å². The van der Waals surface area contributed by atoms with E-state index in [0.29, 0.717) is 37.1 Å². The lowest BCUT2D eigenvalue weighted by Gasteiger charge is -2.38. The summed E-state index contributed by atoms with van der Waals surface area (Å²) in [5.74, 6) is 7.53. The highest BCUT2D eigenvalue weighted by Gasteiger charge is 2.30. The van der Waals surface area contributed by atoms with Crippen LogP contribution in [-0.4, -0.2) is 54.8 Å². The van der Waals surface area contributed by atoms with Gasteiger partial charge in [0.25, 0.3) is 0 Å². The summed E-state index contributed by atoms with van der Waals surface area (Å²) in [5.41, 5.74) is 2.22. The van der Waals surface area contributed by atoms with Crippen molar-refractivity contribution >= 4 is 16.9 Å². The molecule has 1 N–H and O–H groups in total. The van der Waals surface area contributed by atoms with Crippen molar-refractivity contribution < 1.29 is 23.8 Å². The Kier molecular flexibility index (Phi) is 9.56. The molecule has 3 atom stereocenters. The molecule has 1 aromatic heterocycles. The van der Waals surface area contributed by atoms with Crippen LogP contribution in [0.3, 0.4) is 0 Å². The average molecular weight is 519 g/mol. The first-order chi connectivity index (χ1) is 18.5. The molecule has 0 bridgehead atoms. The van der Waals surface area contributed by atoms with Gasteiger partial charge in [-0.15, -0.1) is 0 Å². The smallest absolute Gasteiger partial charge is 0.303 e. The molecule has 1 aliphatic heterocycles. The molecule has 0 saturated carbocycles. The SMILES string of the molecule is COc1ccc2nccc([C@H](F)CC[C@@H]3CCN(CC#Cc4ccccc4OC)C[C@H]3CCC(=O)O)c2c1. The fourth-order valence-electron chi connectivity index (χ4n) is 5.37. The van der Waals surface area contributed by atoms with Crippen LogP contribution in [0.2, 0.25) is 0 Å². The maximum absolute atomic E-state index is 15.6. The number of likely N-dealkylation sites (tertiary alicyclic amines) is 1. The summed E-state index contributed by atoms with van der Waals surface area (Å²) in [6.07, 6.45) is 3.23. The third kappa shape index (κ3) is 7.02. The molecule has 0 unspecified atom stereocenters. The summed E-state index contributed by atoms with van der Waals surface area (Å²) in [6.45, 7) is 2.23. The van der Waals surface area contributed by atoms with Crippen molar-refractivity contribution in [3.63, 3.8) is 0 Å². The number of ether oxygens (including phenoxy) is 2. The van der Waals surface area contributed by atoms with Gasteiger partial charge in [-0.1, -0.05) is 24.0 Å². The van der Waals surface area contributed by atoms with Gasteiger partial charge in [0.1, 0.15) is 17.7 Å². The van der Waals surface area contributed by atoms with Crippen LogP contribution in [0.4, 0.5) is 4.39 Å². The Bertz CT molecular complexity index is 1300. The Labute approximate surface area is 223 Å². The summed E-state index contributed by atoms with van der Waals surface area (Å²) >= 11 is 0. The number of rotatable bonds is 10. The van der Waals surface area contributed by atoms with Crippen molar-refractivity contribution in [3.05, 3.63) is 65.9 Å². The van der Waals surface area contributed by atoms with E-state index >= 15 is 4.39 Å². The lowest BCUT2D eigenvalue weighted by atomic mass is 9.79. The van der Waals surface area contributed by atoms with Gasteiger partial charge in [-0.3, -0.25) is 14.7 Å². The van der Waals surface area contributed by atoms with E-state index in [2.05, 4.69) is 21.7 Å². The molecule has 1 aliphatic rings. The van der Waals surface area contributed by atoms with Gasteiger partial charge in [0.2, 0.25) is 0 Å². The number of alkyl halides is 1. The normalized spacial score (nSPS) is 18.4. The molecule has 38 heavy (non-hydrogen) atoms. The zero-order chi connectivity index (χ0) is 26.9. The molecule has 0 amide bonds. The van der Waals surface area contributed by atoms with Gasteiger partial charge >= 0.3 is 5.97 Å². The second kappa shape index (κ2) is 13.3. The number of piperidine rings is 1. The first-order valence-corrected chi connectivity index (χ1v) is 13.1. The summed E-state index contributed by atoms with van der Waals surface area (Å²) < 4.78 is 26.3. The monoisotopic (exact) mass is 518 g/mol. The van der Waals surface area contributed by atoms with Crippen molar-refractivity contribution in [1.82, 2.24) is 9.88 Å². The van der Waals surface area contributed by atoms with Crippen molar-refractivity contribution in [2.24, 2.45) is 11.8 Å². The molecule has 1 saturated heterocycles. The largest absolute Gasteiger partial charge is 0.497 e. The zero-order valence-corrected chi connectivity index (χ0v) is 22.0. The Morgan fingerprint density at radius 3 is 2.79 bits per heavy atom. The van der Waals surface area contributed by atoms with E-state index < -0.39 is 12.1 Å². The van der Waals surface area contributed by atoms with Crippen LogP contribution in [0.25, 0.3) is 10.9 Å². The van der Waals surface area contributed by atoms with Crippen LogP contribution >= 0.6 is 0 Å². The number of aliphatic carboxylic acids is 1. The lowest BCUT2D eigenvalue weighted by Crippen LogP contribution is -2.41. The minimum Gasteiger partial charge on any atom is -0.497 e. The van der Waals surface area contributed by atoms with E-state index in [4.69, 9.17) is 9.47 Å². The molecule has 1 fully saturated rings. The van der Waals surface area contributed by atoms with Gasteiger partial charge in [0.05, 0.1) is 31.8 Å². The molecular formula is C31H35FN2O4. The van der Waals surface area contributed by atoms with Crippen LogP contribution < -0.4 is 9.47 Å². The molecule has 2 aromatic carbocycles. The van der Waals surface area contributed by atoms with Crippen molar-refractivity contribution in [2.75, 3.05) is 33.9 Å². The second-order valence-electron chi connectivity index (χ2n) is 9.81. The van der Waals surface area contributed by atoms with Crippen LogP contribution in [0.15, 0.2) is 54.7 Å². The minimum atomic E-state index is -1.13. The van der Waals surface area contributed by atoms with E-state index in [0.717, 1.165) is 41.7 Å². The third-order valence-electron chi connectivity index (χ3n) is 7.45. The molecule has 0 radical (unpaired) electrons. The number of hydrogen-bond donors (Lipinski definition) is 1. The summed E-state index contributed by atoms with van der Waals surface area (Å²) in [4.78, 5) is 18.0. The molecule has 200 valence electrons. The number of aromatic nitrogens is 1. The third-order valence-corrected chi connectivity index (χ3v) is 7.45. The number of fused-ring (bicyclic) bond motifs is 1. The van der Waals surface area contributed by atoms with E-state index in [1.165, 1.54) is 0 Å². The predicted octanol–water partition coefficient (Wildman–Crippen LogP) is 5.90. The van der Waals surface area contributed by atoms with E-state index in [1.807, 2.05) is 42.5 Å². The van der Waals surface area contributed by atoms with Crippen molar-refractivity contribution in [2.45, 2.75) is 38.3 Å². The molecule has 3 aromatic rings. The van der Waals surface area contributed by atoms with Gasteiger partial charge in [0.15, 0.2) is 0 Å². The first kappa shape index (κ1) is 27.4. The Balaban J connectivity index is 1.40. The zero-order valence-electron chi connectivity index (χ0n) is 22.0. The van der Waals surface area contributed by atoms with E-state index in [-0.39, 0.29) is 18.3 Å². The summed E-state index contributed by atoms with van der Waals surface area (Å²) in [6, 6.07) is 14.9. The van der Waals surface area contributed by atoms with Crippen LogP contribution in [0.1, 0.15) is 49.4 Å². The molecule has 0 aliphatic carbocycles. The van der Waals surface area contributed by atoms with Crippen LogP contribution in [-0.2, 0) is 4.79 Å². The van der Waals surface area contributed by atoms with E-state index in [1.54, 1.807) is 26.5 Å². The number of para-hydroxylation sites is 1. The second-order valence-corrected chi connectivity index (χ2v) is 9.81. The molecule has 7 heteroatoms. The summed E-state index contributed by atoms with van der Waals surface area (Å²) in [7, 11) is 3.23. The minimum absolute atomic E-state index is 0.121. The topological polar surface area (TPSA) is 71.9 Å². The Hall–Kier alpha value is -3.63. The number of carboxylic acid groups (broad SMARTS) is 1. The summed E-state index contributed by atoms with van der Waals surface area (Å²) in [5, 5.41) is 10.1. The van der Waals surface area contributed by atoms with Crippen molar-refractivity contribution in [1.29, 1.82) is 0 Å². The maximum Gasteiger partial charge on any atom is 0.303 e. The molecule has 6 nitrogen and oxygen atoms in total. The highest BCUT2D eigenvalue weighted by Crippen LogP contribution is 2.36. The van der Waals surface area contributed by atoms with Crippen LogP contribution in [0, 0.1) is 23.7 Å². The van der Waals surface area contributed by atoms with E-state index in [9.17, 15) is 9.90 Å². The maximum atomic E-state index is 15.6. The van der Waals surface area contributed by atoms with Crippen LogP contribution in [0.5, 0.6) is 11.5 Å². The molecule has 4 rings (SSSR count). The van der Waals surface area contributed by atoms with Gasteiger partial charge < -0.3 is 14.6 Å². The first-order valence-electron chi connectivity index (χ1n) is 13.1. The highest BCUT2D eigenvalue weighted by molar-refractivity contribution is 5.83. The van der Waals surface area contributed by atoms with Gasteiger partial charge in [0, 0.05) is 24.5 Å².